The third-order valence-corrected chi connectivity index (χ3v) is 8.05. The van der Waals surface area contributed by atoms with Gasteiger partial charge in [-0.3, -0.25) is 14.4 Å². The Bertz CT molecular complexity index is 1450. The van der Waals surface area contributed by atoms with E-state index in [1.54, 1.807) is 18.3 Å². The molecule has 1 fully saturated rings. The number of hydrogen-bond donors (Lipinski definition) is 0. The minimum absolute atomic E-state index is 0.0303. The lowest BCUT2D eigenvalue weighted by atomic mass is 10.1. The molecule has 5 rings (SSSR count). The Morgan fingerprint density at radius 1 is 1.05 bits per heavy atom. The minimum atomic E-state index is -4.52. The van der Waals surface area contributed by atoms with Crippen molar-refractivity contribution in [3.8, 4) is 0 Å². The summed E-state index contributed by atoms with van der Waals surface area (Å²) in [5.74, 6) is -0.263. The maximum absolute atomic E-state index is 13.5. The van der Waals surface area contributed by atoms with Crippen molar-refractivity contribution in [1.82, 2.24) is 19.6 Å². The zero-order chi connectivity index (χ0) is 27.2. The van der Waals surface area contributed by atoms with Crippen LogP contribution in [0.2, 0.25) is 5.02 Å². The molecule has 3 heterocycles. The van der Waals surface area contributed by atoms with Gasteiger partial charge < -0.3 is 4.90 Å². The second kappa shape index (κ2) is 10.1. The number of alkyl halides is 3. The van der Waals surface area contributed by atoms with E-state index < -0.39 is 11.7 Å². The highest BCUT2D eigenvalue weighted by molar-refractivity contribution is 8.18. The summed E-state index contributed by atoms with van der Waals surface area (Å²) < 4.78 is 42.1. The molecule has 2 aliphatic rings. The number of amidine groups is 1. The average Bonchev–Trinajstić information content (AvgIpc) is 3.42. The number of thioether (sulfide) groups is 1. The molecule has 1 aromatic heterocycles. The highest BCUT2D eigenvalue weighted by Crippen LogP contribution is 2.35. The molecule has 11 heteroatoms. The van der Waals surface area contributed by atoms with E-state index >= 15 is 0 Å². The molecule has 0 N–H and O–H groups in total. The van der Waals surface area contributed by atoms with Crippen LogP contribution in [0.15, 0.2) is 52.5 Å². The highest BCUT2D eigenvalue weighted by Gasteiger charge is 2.34. The fourth-order valence-corrected chi connectivity index (χ4v) is 5.82. The summed E-state index contributed by atoms with van der Waals surface area (Å²) in [6.07, 6.45) is -1.11. The first-order chi connectivity index (χ1) is 17.9. The van der Waals surface area contributed by atoms with Gasteiger partial charge in [0, 0.05) is 42.1 Å². The molecule has 0 aliphatic carbocycles. The third kappa shape index (κ3) is 5.62. The van der Waals surface area contributed by atoms with E-state index in [-0.39, 0.29) is 28.6 Å². The topological polar surface area (TPSA) is 53.7 Å². The van der Waals surface area contributed by atoms with Crippen molar-refractivity contribution in [3.63, 3.8) is 0 Å². The number of carbonyl (C=O) groups excluding carboxylic acids is 1. The molecule has 3 aromatic rings. The van der Waals surface area contributed by atoms with Gasteiger partial charge in [0.1, 0.15) is 0 Å². The van der Waals surface area contributed by atoms with Gasteiger partial charge in [-0.25, -0.2) is 0 Å². The Balaban J connectivity index is 1.31. The van der Waals surface area contributed by atoms with Crippen LogP contribution in [-0.4, -0.2) is 62.4 Å². The van der Waals surface area contributed by atoms with Crippen LogP contribution in [0.4, 0.5) is 13.2 Å². The van der Waals surface area contributed by atoms with Crippen molar-refractivity contribution >= 4 is 51.4 Å². The first kappa shape index (κ1) is 26.8. The van der Waals surface area contributed by atoms with Crippen molar-refractivity contribution in [3.05, 3.63) is 69.2 Å². The van der Waals surface area contributed by atoms with E-state index in [1.165, 1.54) is 28.6 Å². The Labute approximate surface area is 228 Å². The zero-order valence-corrected chi connectivity index (χ0v) is 22.8. The van der Waals surface area contributed by atoms with Crippen LogP contribution in [0.25, 0.3) is 17.0 Å². The number of hydrogen-bond acceptors (Lipinski definition) is 5. The highest BCUT2D eigenvalue weighted by atomic mass is 35.5. The standard InChI is InChI=1S/C27H27ClF3N5OS/c1-26(2,3)35-10-8-34(9-11-35)25-33-24(37)23(38-25)13-17-4-7-22-19(12-17)15-32-36(22)16-18-5-6-20(28)14-21(18)27(29,30)31/h4-7,12-15H,8-11,16H2,1-3H3/b23-13-. The predicted molar refractivity (Wildman–Crippen MR) is 146 cm³/mol. The Hall–Kier alpha value is -2.82. The van der Waals surface area contributed by atoms with Crippen molar-refractivity contribution in [1.29, 1.82) is 0 Å². The number of benzene rings is 2. The van der Waals surface area contributed by atoms with Gasteiger partial charge in [0.2, 0.25) is 0 Å². The number of halogens is 4. The number of carbonyl (C=O) groups is 1. The quantitative estimate of drug-likeness (QED) is 0.359. The summed E-state index contributed by atoms with van der Waals surface area (Å²) in [4.78, 5) is 22.0. The first-order valence-corrected chi connectivity index (χ1v) is 13.4. The summed E-state index contributed by atoms with van der Waals surface area (Å²) in [7, 11) is 0. The molecule has 0 bridgehead atoms. The SMILES string of the molecule is CC(C)(C)N1CCN(C2=NC(=O)/C(=C/c3ccc4c(cnn4Cc4ccc(Cl)cc4C(F)(F)F)c3)S2)CC1. The van der Waals surface area contributed by atoms with E-state index in [1.807, 2.05) is 12.1 Å². The molecule has 38 heavy (non-hydrogen) atoms. The predicted octanol–water partition coefficient (Wildman–Crippen LogP) is 6.14. The lowest BCUT2D eigenvalue weighted by molar-refractivity contribution is -0.138. The molecule has 1 amide bonds. The average molecular weight is 562 g/mol. The van der Waals surface area contributed by atoms with Gasteiger partial charge in [0.05, 0.1) is 28.7 Å². The summed E-state index contributed by atoms with van der Waals surface area (Å²) in [5, 5.41) is 5.83. The fourth-order valence-electron chi connectivity index (χ4n) is 4.69. The number of amides is 1. The van der Waals surface area contributed by atoms with Gasteiger partial charge in [-0.1, -0.05) is 23.7 Å². The molecule has 0 radical (unpaired) electrons. The number of nitrogens with zero attached hydrogens (tertiary/aromatic N) is 5. The molecule has 2 aliphatic heterocycles. The summed E-state index contributed by atoms with van der Waals surface area (Å²) >= 11 is 7.18. The van der Waals surface area contributed by atoms with Crippen LogP contribution >= 0.6 is 23.4 Å². The monoisotopic (exact) mass is 561 g/mol. The number of aromatic nitrogens is 2. The first-order valence-electron chi connectivity index (χ1n) is 12.2. The molecule has 0 atom stereocenters. The third-order valence-electron chi connectivity index (χ3n) is 6.77. The zero-order valence-electron chi connectivity index (χ0n) is 21.2. The normalized spacial score (nSPS) is 18.6. The van der Waals surface area contributed by atoms with Gasteiger partial charge in [0.25, 0.3) is 5.91 Å². The van der Waals surface area contributed by atoms with Crippen LogP contribution in [-0.2, 0) is 17.5 Å². The number of aliphatic imine (C=N–C) groups is 1. The Morgan fingerprint density at radius 2 is 1.79 bits per heavy atom. The van der Waals surface area contributed by atoms with Crippen molar-refractivity contribution in [2.24, 2.45) is 4.99 Å². The van der Waals surface area contributed by atoms with Crippen molar-refractivity contribution in [2.45, 2.75) is 39.0 Å². The van der Waals surface area contributed by atoms with Gasteiger partial charge in [-0.05, 0) is 74.0 Å². The van der Waals surface area contributed by atoms with E-state index in [0.29, 0.717) is 10.4 Å². The Kier molecular flexibility index (Phi) is 7.08. The van der Waals surface area contributed by atoms with Crippen LogP contribution in [0.3, 0.4) is 0 Å². The molecular formula is C27H27ClF3N5OS. The van der Waals surface area contributed by atoms with Crippen LogP contribution in [0.5, 0.6) is 0 Å². The maximum atomic E-state index is 13.5. The smallest absolute Gasteiger partial charge is 0.348 e. The van der Waals surface area contributed by atoms with Gasteiger partial charge in [0.15, 0.2) is 5.17 Å². The van der Waals surface area contributed by atoms with Crippen molar-refractivity contribution < 1.29 is 18.0 Å². The maximum Gasteiger partial charge on any atom is 0.416 e. The number of piperazine rings is 1. The largest absolute Gasteiger partial charge is 0.416 e. The van der Waals surface area contributed by atoms with Crippen LogP contribution in [0.1, 0.15) is 37.5 Å². The van der Waals surface area contributed by atoms with Crippen LogP contribution in [0, 0.1) is 0 Å². The van der Waals surface area contributed by atoms with Gasteiger partial charge in [-0.2, -0.15) is 23.3 Å². The second-order valence-corrected chi connectivity index (χ2v) is 11.8. The van der Waals surface area contributed by atoms with E-state index in [0.717, 1.165) is 48.4 Å². The molecule has 6 nitrogen and oxygen atoms in total. The van der Waals surface area contributed by atoms with Crippen LogP contribution < -0.4 is 0 Å². The molecule has 0 spiro atoms. The fraction of sp³-hybridized carbons (Fsp3) is 0.370. The molecule has 2 aromatic carbocycles. The van der Waals surface area contributed by atoms with E-state index in [4.69, 9.17) is 11.6 Å². The minimum Gasteiger partial charge on any atom is -0.348 e. The lowest BCUT2D eigenvalue weighted by Gasteiger charge is -2.42. The molecule has 200 valence electrons. The van der Waals surface area contributed by atoms with E-state index in [2.05, 4.69) is 40.7 Å². The molecule has 0 unspecified atom stereocenters. The second-order valence-electron chi connectivity index (χ2n) is 10.4. The van der Waals surface area contributed by atoms with E-state index in [9.17, 15) is 18.0 Å². The molecule has 1 saturated heterocycles. The number of rotatable bonds is 3. The molecular weight excluding hydrogens is 535 g/mol. The van der Waals surface area contributed by atoms with Gasteiger partial charge >= 0.3 is 6.18 Å². The molecule has 0 saturated carbocycles. The number of fused-ring (bicyclic) bond motifs is 1. The summed E-state index contributed by atoms with van der Waals surface area (Å²) in [5.41, 5.74) is 0.902. The Morgan fingerprint density at radius 3 is 2.47 bits per heavy atom. The van der Waals surface area contributed by atoms with Gasteiger partial charge in [-0.15, -0.1) is 0 Å². The lowest BCUT2D eigenvalue weighted by Crippen LogP contribution is -2.54. The van der Waals surface area contributed by atoms with Crippen molar-refractivity contribution in [2.75, 3.05) is 26.2 Å². The summed E-state index contributed by atoms with van der Waals surface area (Å²) in [6, 6.07) is 9.25. The summed E-state index contributed by atoms with van der Waals surface area (Å²) in [6.45, 7) is 10.0.